The Balaban J connectivity index is 1.69. The second kappa shape index (κ2) is 10.5. The Morgan fingerprint density at radius 2 is 1.62 bits per heavy atom. The molecule has 0 unspecified atom stereocenters. The second-order valence-electron chi connectivity index (χ2n) is 6.82. The first-order chi connectivity index (χ1) is 14.1. The largest absolute Gasteiger partial charge is 0.488 e. The molecule has 2 aromatic rings. The molecule has 0 bridgehead atoms. The second-order valence-corrected chi connectivity index (χ2v) is 6.82. The third-order valence-electron chi connectivity index (χ3n) is 4.64. The fourth-order valence-corrected chi connectivity index (χ4v) is 3.16. The number of ether oxygens (including phenoxy) is 3. The monoisotopic (exact) mass is 399 g/mol. The van der Waals surface area contributed by atoms with Gasteiger partial charge in [-0.1, -0.05) is 31.0 Å². The molecule has 0 amide bonds. The van der Waals surface area contributed by atoms with Gasteiger partial charge in [-0.25, -0.2) is 9.59 Å². The third-order valence-corrected chi connectivity index (χ3v) is 4.64. The molecule has 0 atom stereocenters. The molecule has 29 heavy (non-hydrogen) atoms. The highest BCUT2D eigenvalue weighted by atomic mass is 16.6. The van der Waals surface area contributed by atoms with Crippen LogP contribution in [0.15, 0.2) is 48.5 Å². The van der Waals surface area contributed by atoms with Gasteiger partial charge in [-0.3, -0.25) is 4.90 Å². The molecule has 7 nitrogen and oxygen atoms in total. The van der Waals surface area contributed by atoms with Gasteiger partial charge < -0.3 is 19.3 Å². The van der Waals surface area contributed by atoms with Gasteiger partial charge in [-0.05, 0) is 50.2 Å². The summed E-state index contributed by atoms with van der Waals surface area (Å²) in [4.78, 5) is 24.7. The van der Waals surface area contributed by atoms with E-state index in [9.17, 15) is 9.59 Å². The number of carbonyl (C=O) groups excluding carboxylic acids is 1. The fraction of sp³-hybridized carbons (Fsp3) is 0.364. The molecule has 7 heteroatoms. The summed E-state index contributed by atoms with van der Waals surface area (Å²) in [6, 6.07) is 13.9. The molecule has 154 valence electrons. The smallest absolute Gasteiger partial charge is 0.422 e. The van der Waals surface area contributed by atoms with Crippen molar-refractivity contribution in [2.75, 3.05) is 26.2 Å². The molecule has 1 aliphatic heterocycles. The van der Waals surface area contributed by atoms with Crippen LogP contribution in [-0.2, 0) is 9.59 Å². The van der Waals surface area contributed by atoms with Gasteiger partial charge >= 0.3 is 11.9 Å². The molecule has 0 radical (unpaired) electrons. The average molecular weight is 399 g/mol. The van der Waals surface area contributed by atoms with Crippen LogP contribution in [0.4, 0.5) is 0 Å². The van der Waals surface area contributed by atoms with Crippen LogP contribution in [0, 0.1) is 0 Å². The van der Waals surface area contributed by atoms with Crippen molar-refractivity contribution in [2.24, 2.45) is 0 Å². The molecule has 1 aliphatic rings. The van der Waals surface area contributed by atoms with Crippen molar-refractivity contribution in [2.45, 2.75) is 25.7 Å². The number of esters is 1. The minimum atomic E-state index is -1.66. The summed E-state index contributed by atoms with van der Waals surface area (Å²) in [5.41, 5.74) is 0. The van der Waals surface area contributed by atoms with Crippen LogP contribution in [0.3, 0.4) is 0 Å². The Morgan fingerprint density at radius 3 is 2.31 bits per heavy atom. The van der Waals surface area contributed by atoms with E-state index in [2.05, 4.69) is 4.90 Å². The van der Waals surface area contributed by atoms with E-state index in [1.807, 2.05) is 30.3 Å². The van der Waals surface area contributed by atoms with Crippen LogP contribution in [0.5, 0.6) is 23.0 Å². The molecule has 2 aromatic carbocycles. The Kier molecular flexibility index (Phi) is 7.47. The number of nitrogens with zero attached hydrogens (tertiary/aromatic N) is 1. The first-order valence-electron chi connectivity index (χ1n) is 9.79. The van der Waals surface area contributed by atoms with Gasteiger partial charge in [0.2, 0.25) is 0 Å². The summed E-state index contributed by atoms with van der Waals surface area (Å²) in [6.45, 7) is 3.23. The van der Waals surface area contributed by atoms with E-state index in [-0.39, 0.29) is 11.5 Å². The van der Waals surface area contributed by atoms with E-state index in [1.165, 1.54) is 31.7 Å². The lowest BCUT2D eigenvalue weighted by Gasteiger charge is -2.20. The Hall–Kier alpha value is -3.06. The predicted octanol–water partition coefficient (Wildman–Crippen LogP) is 3.72. The normalized spacial score (nSPS) is 14.6. The van der Waals surface area contributed by atoms with Gasteiger partial charge in [0.05, 0.1) is 0 Å². The first-order valence-corrected chi connectivity index (χ1v) is 9.79. The number of aliphatic carboxylic acids is 1. The highest BCUT2D eigenvalue weighted by Crippen LogP contribution is 2.34. The molecule has 1 saturated heterocycles. The number of rotatable bonds is 7. The van der Waals surface area contributed by atoms with Gasteiger partial charge in [0.15, 0.2) is 11.5 Å². The van der Waals surface area contributed by atoms with Crippen LogP contribution in [-0.4, -0.2) is 48.2 Å². The lowest BCUT2D eigenvalue weighted by atomic mass is 10.2. The Labute approximate surface area is 169 Å². The minimum Gasteiger partial charge on any atom is -0.488 e. The summed E-state index contributed by atoms with van der Waals surface area (Å²) in [5, 5.41) is 8.81. The van der Waals surface area contributed by atoms with Gasteiger partial charge in [0, 0.05) is 12.6 Å². The van der Waals surface area contributed by atoms with Crippen molar-refractivity contribution in [1.82, 2.24) is 4.90 Å². The summed E-state index contributed by atoms with van der Waals surface area (Å²) in [5.74, 6) is -1.56. The Bertz CT molecular complexity index is 815. The number of carbonyl (C=O) groups is 2. The number of carboxylic acid groups (broad SMARTS) is 1. The number of hydrogen-bond acceptors (Lipinski definition) is 6. The maximum atomic E-state index is 11.5. The zero-order chi connectivity index (χ0) is 20.5. The average Bonchev–Trinajstić information content (AvgIpc) is 2.99. The maximum Gasteiger partial charge on any atom is 0.422 e. The van der Waals surface area contributed by atoms with Crippen molar-refractivity contribution in [3.8, 4) is 23.0 Å². The van der Waals surface area contributed by atoms with Crippen LogP contribution in [0.25, 0.3) is 0 Å². The standard InChI is InChI=1S/C22H25NO6/c24-21(25)22(26)29-19-11-10-18(28-17-8-4-3-5-9-17)16-20(19)27-15-14-23-12-6-1-2-7-13-23/h3-5,8-11,16H,1-2,6-7,12-15H2,(H,24,25). The number of para-hydroxylation sites is 1. The zero-order valence-electron chi connectivity index (χ0n) is 16.2. The molecule has 0 saturated carbocycles. The van der Waals surface area contributed by atoms with Gasteiger partial charge in [-0.15, -0.1) is 0 Å². The summed E-state index contributed by atoms with van der Waals surface area (Å²) in [6.07, 6.45) is 4.88. The highest BCUT2D eigenvalue weighted by Gasteiger charge is 2.18. The summed E-state index contributed by atoms with van der Waals surface area (Å²) >= 11 is 0. The van der Waals surface area contributed by atoms with E-state index >= 15 is 0 Å². The van der Waals surface area contributed by atoms with Crippen LogP contribution in [0.2, 0.25) is 0 Å². The topological polar surface area (TPSA) is 85.3 Å². The van der Waals surface area contributed by atoms with Crippen molar-refractivity contribution in [3.05, 3.63) is 48.5 Å². The SMILES string of the molecule is O=C(O)C(=O)Oc1ccc(Oc2ccccc2)cc1OCCN1CCCCCC1. The first kappa shape index (κ1) is 20.7. The molecule has 0 spiro atoms. The van der Waals surface area contributed by atoms with Crippen molar-refractivity contribution in [1.29, 1.82) is 0 Å². The number of likely N-dealkylation sites (tertiary alicyclic amines) is 1. The summed E-state index contributed by atoms with van der Waals surface area (Å²) < 4.78 is 16.6. The highest BCUT2D eigenvalue weighted by molar-refractivity contribution is 6.29. The van der Waals surface area contributed by atoms with E-state index in [1.54, 1.807) is 12.1 Å². The summed E-state index contributed by atoms with van der Waals surface area (Å²) in [7, 11) is 0. The number of carboxylic acids is 1. The van der Waals surface area contributed by atoms with Gasteiger partial charge in [0.25, 0.3) is 0 Å². The number of hydrogen-bond donors (Lipinski definition) is 1. The van der Waals surface area contributed by atoms with Gasteiger partial charge in [-0.2, -0.15) is 0 Å². The minimum absolute atomic E-state index is 0.0497. The fourth-order valence-electron chi connectivity index (χ4n) is 3.16. The van der Waals surface area contributed by atoms with Crippen LogP contribution in [0.1, 0.15) is 25.7 Å². The van der Waals surface area contributed by atoms with E-state index in [0.29, 0.717) is 18.1 Å². The Morgan fingerprint density at radius 1 is 0.897 bits per heavy atom. The maximum absolute atomic E-state index is 11.5. The quantitative estimate of drug-likeness (QED) is 0.431. The lowest BCUT2D eigenvalue weighted by Crippen LogP contribution is -2.29. The molecule has 0 aliphatic carbocycles. The van der Waals surface area contributed by atoms with Crippen molar-refractivity contribution >= 4 is 11.9 Å². The van der Waals surface area contributed by atoms with Crippen LogP contribution >= 0.6 is 0 Å². The molecule has 1 fully saturated rings. The molecule has 3 rings (SSSR count). The molecular weight excluding hydrogens is 374 g/mol. The molecular formula is C22H25NO6. The van der Waals surface area contributed by atoms with E-state index in [4.69, 9.17) is 19.3 Å². The number of benzene rings is 2. The molecule has 0 aromatic heterocycles. The zero-order valence-corrected chi connectivity index (χ0v) is 16.2. The van der Waals surface area contributed by atoms with E-state index in [0.717, 1.165) is 19.6 Å². The van der Waals surface area contributed by atoms with Crippen molar-refractivity contribution < 1.29 is 28.9 Å². The van der Waals surface area contributed by atoms with Gasteiger partial charge in [0.1, 0.15) is 18.1 Å². The molecule has 1 heterocycles. The predicted molar refractivity (Wildman–Crippen MR) is 107 cm³/mol. The third kappa shape index (κ3) is 6.50. The lowest BCUT2D eigenvalue weighted by molar-refractivity contribution is -0.158. The molecule has 1 N–H and O–H groups in total. The van der Waals surface area contributed by atoms with E-state index < -0.39 is 11.9 Å². The van der Waals surface area contributed by atoms with Crippen LogP contribution < -0.4 is 14.2 Å². The van der Waals surface area contributed by atoms with Crippen molar-refractivity contribution in [3.63, 3.8) is 0 Å².